The lowest BCUT2D eigenvalue weighted by atomic mass is 10.1. The Morgan fingerprint density at radius 2 is 1.93 bits per heavy atom. The summed E-state index contributed by atoms with van der Waals surface area (Å²) in [6.45, 7) is 0.451. The lowest BCUT2D eigenvalue weighted by Gasteiger charge is -2.11. The van der Waals surface area contributed by atoms with Gasteiger partial charge >= 0.3 is 0 Å². The zero-order chi connectivity index (χ0) is 20.3. The molecule has 0 atom stereocenters. The number of hydrogen-bond donors (Lipinski definition) is 1. The molecular weight excluding hydrogens is 364 g/mol. The molecule has 0 amide bonds. The van der Waals surface area contributed by atoms with Gasteiger partial charge < -0.3 is 19.4 Å². The van der Waals surface area contributed by atoms with E-state index in [1.54, 1.807) is 21.3 Å². The number of fused-ring (bicyclic) bond motifs is 1. The Hall–Kier alpha value is -3.62. The molecule has 0 aliphatic rings. The predicted molar refractivity (Wildman–Crippen MR) is 105 cm³/mol. The largest absolute Gasteiger partial charge is 0.493 e. The number of aryl methyl sites for hydroxylation is 1. The highest BCUT2D eigenvalue weighted by Crippen LogP contribution is 2.29. The minimum absolute atomic E-state index is 0.162. The molecule has 0 bridgehead atoms. The van der Waals surface area contributed by atoms with Gasteiger partial charge in [-0.2, -0.15) is 0 Å². The number of rotatable bonds is 7. The molecule has 3 rings (SSSR count). The van der Waals surface area contributed by atoms with Crippen molar-refractivity contribution in [2.45, 2.75) is 6.42 Å². The van der Waals surface area contributed by atoms with Crippen molar-refractivity contribution in [2.75, 3.05) is 26.1 Å². The first-order valence-electron chi connectivity index (χ1n) is 8.53. The third-order valence-corrected chi connectivity index (χ3v) is 4.41. The Balaban J connectivity index is 1.84. The Morgan fingerprint density at radius 1 is 1.18 bits per heavy atom. The van der Waals surface area contributed by atoms with E-state index in [4.69, 9.17) is 9.47 Å². The van der Waals surface area contributed by atoms with Gasteiger partial charge in [-0.1, -0.05) is 6.07 Å². The summed E-state index contributed by atoms with van der Waals surface area (Å²) in [5.41, 5.74) is 1.22. The first-order valence-corrected chi connectivity index (χ1v) is 8.53. The molecule has 9 heteroatoms. The summed E-state index contributed by atoms with van der Waals surface area (Å²) in [5.74, 6) is 1.26. The SMILES string of the molecule is COc1ccc(CCNc2cc3ncn(C)c(=O)c3cc2[N+](=O)[O-])cc1OC. The van der Waals surface area contributed by atoms with Gasteiger partial charge in [0.15, 0.2) is 11.5 Å². The molecule has 9 nitrogen and oxygen atoms in total. The number of aromatic nitrogens is 2. The molecule has 0 fully saturated rings. The molecule has 1 aromatic heterocycles. The van der Waals surface area contributed by atoms with Crippen LogP contribution in [0.2, 0.25) is 0 Å². The van der Waals surface area contributed by atoms with Crippen LogP contribution in [-0.2, 0) is 13.5 Å². The fourth-order valence-electron chi connectivity index (χ4n) is 2.92. The molecule has 0 aliphatic heterocycles. The quantitative estimate of drug-likeness (QED) is 0.492. The van der Waals surface area contributed by atoms with Crippen LogP contribution in [0.25, 0.3) is 10.9 Å². The van der Waals surface area contributed by atoms with Crippen molar-refractivity contribution in [1.29, 1.82) is 0 Å². The van der Waals surface area contributed by atoms with Crippen molar-refractivity contribution < 1.29 is 14.4 Å². The Labute approximate surface area is 160 Å². The van der Waals surface area contributed by atoms with Gasteiger partial charge in [-0.3, -0.25) is 14.9 Å². The molecule has 1 heterocycles. The number of methoxy groups -OCH3 is 2. The third kappa shape index (κ3) is 3.73. The van der Waals surface area contributed by atoms with Crippen molar-refractivity contribution in [3.63, 3.8) is 0 Å². The number of anilines is 1. The van der Waals surface area contributed by atoms with Crippen molar-refractivity contribution in [3.8, 4) is 11.5 Å². The molecule has 0 unspecified atom stereocenters. The van der Waals surface area contributed by atoms with Gasteiger partial charge in [0.25, 0.3) is 11.2 Å². The van der Waals surface area contributed by atoms with Crippen molar-refractivity contribution in [3.05, 3.63) is 62.7 Å². The van der Waals surface area contributed by atoms with Gasteiger partial charge in [-0.05, 0) is 30.2 Å². The van der Waals surface area contributed by atoms with Crippen molar-refractivity contribution in [1.82, 2.24) is 9.55 Å². The van der Waals surface area contributed by atoms with E-state index in [0.717, 1.165) is 5.56 Å². The summed E-state index contributed by atoms with van der Waals surface area (Å²) in [7, 11) is 4.69. The van der Waals surface area contributed by atoms with Crippen LogP contribution in [0, 0.1) is 10.1 Å². The summed E-state index contributed by atoms with van der Waals surface area (Å²) in [6, 6.07) is 8.38. The smallest absolute Gasteiger partial charge is 0.293 e. The van der Waals surface area contributed by atoms with Crippen LogP contribution in [0.1, 0.15) is 5.56 Å². The van der Waals surface area contributed by atoms with Crippen LogP contribution < -0.4 is 20.3 Å². The molecule has 0 radical (unpaired) electrons. The number of ether oxygens (including phenoxy) is 2. The van der Waals surface area contributed by atoms with E-state index in [1.165, 1.54) is 23.0 Å². The number of nitro benzene ring substituents is 1. The molecular formula is C19H20N4O5. The summed E-state index contributed by atoms with van der Waals surface area (Å²) in [4.78, 5) is 27.3. The average Bonchev–Trinajstić information content (AvgIpc) is 2.70. The first kappa shape index (κ1) is 19.2. The van der Waals surface area contributed by atoms with E-state index in [1.807, 2.05) is 18.2 Å². The molecule has 28 heavy (non-hydrogen) atoms. The lowest BCUT2D eigenvalue weighted by molar-refractivity contribution is -0.383. The minimum atomic E-state index is -0.509. The predicted octanol–water partition coefficient (Wildman–Crippen LogP) is 2.51. The van der Waals surface area contributed by atoms with Gasteiger partial charge in [0.2, 0.25) is 0 Å². The zero-order valence-corrected chi connectivity index (χ0v) is 15.8. The molecule has 0 saturated heterocycles. The molecule has 0 aliphatic carbocycles. The lowest BCUT2D eigenvalue weighted by Crippen LogP contribution is -2.17. The van der Waals surface area contributed by atoms with E-state index in [9.17, 15) is 14.9 Å². The number of benzene rings is 2. The third-order valence-electron chi connectivity index (χ3n) is 4.41. The van der Waals surface area contributed by atoms with E-state index in [0.29, 0.717) is 35.7 Å². The number of nitrogens with zero attached hydrogens (tertiary/aromatic N) is 3. The highest BCUT2D eigenvalue weighted by Gasteiger charge is 2.17. The van der Waals surface area contributed by atoms with Crippen molar-refractivity contribution in [2.24, 2.45) is 7.05 Å². The highest BCUT2D eigenvalue weighted by molar-refractivity contribution is 5.86. The summed E-state index contributed by atoms with van der Waals surface area (Å²) in [6.07, 6.45) is 2.00. The average molecular weight is 384 g/mol. The van der Waals surface area contributed by atoms with E-state index < -0.39 is 4.92 Å². The molecule has 3 aromatic rings. The van der Waals surface area contributed by atoms with Gasteiger partial charge in [-0.15, -0.1) is 0 Å². The van der Waals surface area contributed by atoms with Crippen LogP contribution in [0.4, 0.5) is 11.4 Å². The second kappa shape index (κ2) is 7.95. The molecule has 1 N–H and O–H groups in total. The number of nitrogens with one attached hydrogen (secondary N) is 1. The van der Waals surface area contributed by atoms with Crippen LogP contribution >= 0.6 is 0 Å². The minimum Gasteiger partial charge on any atom is -0.493 e. The molecule has 0 saturated carbocycles. The first-order chi connectivity index (χ1) is 13.4. The van der Waals surface area contributed by atoms with Crippen LogP contribution in [-0.4, -0.2) is 35.2 Å². The van der Waals surface area contributed by atoms with Crippen LogP contribution in [0.5, 0.6) is 11.5 Å². The van der Waals surface area contributed by atoms with Crippen LogP contribution in [0.3, 0.4) is 0 Å². The number of hydrogen-bond acceptors (Lipinski definition) is 7. The van der Waals surface area contributed by atoms with E-state index >= 15 is 0 Å². The van der Waals surface area contributed by atoms with Gasteiger partial charge in [0.05, 0.1) is 36.4 Å². The number of nitro groups is 1. The zero-order valence-electron chi connectivity index (χ0n) is 15.8. The standard InChI is InChI=1S/C19H20N4O5/c1-22-11-21-14-10-15(16(23(25)26)9-13(14)19(22)24)20-7-6-12-4-5-17(27-2)18(8-12)28-3/h4-5,8-11,20H,6-7H2,1-3H3. The highest BCUT2D eigenvalue weighted by atomic mass is 16.6. The van der Waals surface area contributed by atoms with Gasteiger partial charge in [0, 0.05) is 19.7 Å². The second-order valence-corrected chi connectivity index (χ2v) is 6.17. The van der Waals surface area contributed by atoms with E-state index in [2.05, 4.69) is 10.3 Å². The molecule has 146 valence electrons. The molecule has 0 spiro atoms. The van der Waals surface area contributed by atoms with Gasteiger partial charge in [-0.25, -0.2) is 4.98 Å². The summed E-state index contributed by atoms with van der Waals surface area (Å²) < 4.78 is 11.8. The fourth-order valence-corrected chi connectivity index (χ4v) is 2.92. The van der Waals surface area contributed by atoms with E-state index in [-0.39, 0.29) is 16.6 Å². The maximum Gasteiger partial charge on any atom is 0.293 e. The monoisotopic (exact) mass is 384 g/mol. The maximum absolute atomic E-state index is 12.2. The van der Waals surface area contributed by atoms with Crippen molar-refractivity contribution >= 4 is 22.3 Å². The molecule has 2 aromatic carbocycles. The Kier molecular flexibility index (Phi) is 5.44. The topological polar surface area (TPSA) is 109 Å². The van der Waals surface area contributed by atoms with Gasteiger partial charge in [0.1, 0.15) is 5.69 Å². The van der Waals surface area contributed by atoms with Crippen LogP contribution in [0.15, 0.2) is 41.5 Å². The fraction of sp³-hybridized carbons (Fsp3) is 0.263. The summed E-state index contributed by atoms with van der Waals surface area (Å²) >= 11 is 0. The second-order valence-electron chi connectivity index (χ2n) is 6.17. The maximum atomic E-state index is 12.2. The normalized spacial score (nSPS) is 10.7. The summed E-state index contributed by atoms with van der Waals surface area (Å²) in [5, 5.41) is 14.7. The Morgan fingerprint density at radius 3 is 2.61 bits per heavy atom. The Bertz CT molecular complexity index is 1090.